The minimum atomic E-state index is -0.753. The van der Waals surface area contributed by atoms with Crippen LogP contribution in [-0.4, -0.2) is 36.5 Å². The molecule has 0 aromatic heterocycles. The summed E-state index contributed by atoms with van der Waals surface area (Å²) in [5, 5.41) is 12.2. The average Bonchev–Trinajstić information content (AvgIpc) is 2.31. The molecule has 0 saturated heterocycles. The van der Waals surface area contributed by atoms with Crippen LogP contribution in [0, 0.1) is 22.7 Å². The molecule has 1 aliphatic carbocycles. The van der Waals surface area contributed by atoms with Crippen molar-refractivity contribution in [2.75, 3.05) is 19.6 Å². The molecule has 1 fully saturated rings. The summed E-state index contributed by atoms with van der Waals surface area (Å²) in [6.07, 6.45) is 1.40. The van der Waals surface area contributed by atoms with E-state index < -0.39 is 5.41 Å². The molecule has 1 saturated carbocycles. The smallest absolute Gasteiger partial charge is 0.240 e. The standard InChI is InChI=1S/C14H25N3O/c1-5-17(6-2)9-12(4)16-13(18)14(10-15)7-11(3)8-14/h11-12H,5-9H2,1-4H3,(H,16,18). The van der Waals surface area contributed by atoms with Crippen molar-refractivity contribution in [2.45, 2.75) is 46.6 Å². The Morgan fingerprint density at radius 1 is 1.50 bits per heavy atom. The number of carbonyl (C=O) groups excluding carboxylic acids is 1. The topological polar surface area (TPSA) is 56.1 Å². The summed E-state index contributed by atoms with van der Waals surface area (Å²) in [5.41, 5.74) is -0.753. The van der Waals surface area contributed by atoms with Crippen LogP contribution in [-0.2, 0) is 4.79 Å². The first-order valence-electron chi connectivity index (χ1n) is 6.92. The van der Waals surface area contributed by atoms with Crippen LogP contribution in [0.25, 0.3) is 0 Å². The average molecular weight is 251 g/mol. The molecule has 0 heterocycles. The summed E-state index contributed by atoms with van der Waals surface area (Å²) in [6, 6.07) is 2.30. The van der Waals surface area contributed by atoms with E-state index in [1.165, 1.54) is 0 Å². The van der Waals surface area contributed by atoms with Crippen molar-refractivity contribution in [3.8, 4) is 6.07 Å². The third kappa shape index (κ3) is 3.23. The van der Waals surface area contributed by atoms with Gasteiger partial charge in [0.25, 0.3) is 0 Å². The van der Waals surface area contributed by atoms with Gasteiger partial charge in [-0.1, -0.05) is 20.8 Å². The molecule has 1 rings (SSSR count). The van der Waals surface area contributed by atoms with Gasteiger partial charge in [0.1, 0.15) is 5.41 Å². The Balaban J connectivity index is 2.47. The third-order valence-electron chi connectivity index (χ3n) is 3.85. The number of hydrogen-bond acceptors (Lipinski definition) is 3. The quantitative estimate of drug-likeness (QED) is 0.783. The SMILES string of the molecule is CCN(CC)CC(C)NC(=O)C1(C#N)CC(C)C1. The Hall–Kier alpha value is -1.08. The zero-order valence-corrected chi connectivity index (χ0v) is 12.0. The first-order chi connectivity index (χ1) is 8.47. The summed E-state index contributed by atoms with van der Waals surface area (Å²) in [7, 11) is 0. The molecule has 1 N–H and O–H groups in total. The van der Waals surface area contributed by atoms with Gasteiger partial charge in [-0.3, -0.25) is 4.79 Å². The van der Waals surface area contributed by atoms with Crippen molar-refractivity contribution in [2.24, 2.45) is 11.3 Å². The lowest BCUT2D eigenvalue weighted by Crippen LogP contribution is -2.52. The zero-order chi connectivity index (χ0) is 13.8. The molecule has 1 amide bonds. The number of carbonyl (C=O) groups is 1. The molecule has 1 aliphatic rings. The highest BCUT2D eigenvalue weighted by atomic mass is 16.2. The van der Waals surface area contributed by atoms with Gasteiger partial charge in [0.15, 0.2) is 0 Å². The highest BCUT2D eigenvalue weighted by Crippen LogP contribution is 2.45. The van der Waals surface area contributed by atoms with Gasteiger partial charge in [-0.25, -0.2) is 0 Å². The number of nitrogens with zero attached hydrogens (tertiary/aromatic N) is 2. The van der Waals surface area contributed by atoms with Crippen LogP contribution in [0.3, 0.4) is 0 Å². The first kappa shape index (κ1) is 15.0. The fourth-order valence-electron chi connectivity index (χ4n) is 2.73. The van der Waals surface area contributed by atoms with Crippen molar-refractivity contribution in [1.82, 2.24) is 10.2 Å². The first-order valence-corrected chi connectivity index (χ1v) is 6.92. The molecule has 1 atom stereocenters. The molecular weight excluding hydrogens is 226 g/mol. The number of hydrogen-bond donors (Lipinski definition) is 1. The second-order valence-corrected chi connectivity index (χ2v) is 5.57. The van der Waals surface area contributed by atoms with E-state index in [1.54, 1.807) is 0 Å². The minimum Gasteiger partial charge on any atom is -0.351 e. The molecule has 0 aromatic rings. The van der Waals surface area contributed by atoms with E-state index in [9.17, 15) is 10.1 Å². The molecule has 4 nitrogen and oxygen atoms in total. The van der Waals surface area contributed by atoms with Crippen LogP contribution >= 0.6 is 0 Å². The van der Waals surface area contributed by atoms with Gasteiger partial charge in [-0.15, -0.1) is 0 Å². The van der Waals surface area contributed by atoms with E-state index in [0.717, 1.165) is 19.6 Å². The monoisotopic (exact) mass is 251 g/mol. The van der Waals surface area contributed by atoms with E-state index in [1.807, 2.05) is 6.92 Å². The molecule has 0 bridgehead atoms. The maximum absolute atomic E-state index is 12.1. The highest BCUT2D eigenvalue weighted by Gasteiger charge is 2.49. The fraction of sp³-hybridized carbons (Fsp3) is 0.857. The number of nitriles is 1. The van der Waals surface area contributed by atoms with Gasteiger partial charge < -0.3 is 10.2 Å². The molecule has 1 unspecified atom stereocenters. The molecule has 4 heteroatoms. The van der Waals surface area contributed by atoms with Crippen molar-refractivity contribution in [1.29, 1.82) is 5.26 Å². The van der Waals surface area contributed by atoms with Crippen LogP contribution in [0.2, 0.25) is 0 Å². The summed E-state index contributed by atoms with van der Waals surface area (Å²) >= 11 is 0. The van der Waals surface area contributed by atoms with Crippen LogP contribution in [0.15, 0.2) is 0 Å². The number of likely N-dealkylation sites (N-methyl/N-ethyl adjacent to an activating group) is 1. The summed E-state index contributed by atoms with van der Waals surface area (Å²) in [6.45, 7) is 11.1. The number of amides is 1. The van der Waals surface area contributed by atoms with Gasteiger partial charge in [-0.2, -0.15) is 5.26 Å². The van der Waals surface area contributed by atoms with E-state index in [-0.39, 0.29) is 11.9 Å². The molecule has 0 aromatic carbocycles. The molecule has 0 radical (unpaired) electrons. The summed E-state index contributed by atoms with van der Waals surface area (Å²) in [4.78, 5) is 14.4. The van der Waals surface area contributed by atoms with Crippen molar-refractivity contribution in [3.05, 3.63) is 0 Å². The maximum Gasteiger partial charge on any atom is 0.240 e. The minimum absolute atomic E-state index is 0.0808. The largest absolute Gasteiger partial charge is 0.351 e. The highest BCUT2D eigenvalue weighted by molar-refractivity contribution is 5.86. The maximum atomic E-state index is 12.1. The zero-order valence-electron chi connectivity index (χ0n) is 12.0. The predicted molar refractivity (Wildman–Crippen MR) is 71.8 cm³/mol. The van der Waals surface area contributed by atoms with Crippen molar-refractivity contribution in [3.63, 3.8) is 0 Å². The molecule has 18 heavy (non-hydrogen) atoms. The predicted octanol–water partition coefficient (Wildman–Crippen LogP) is 1.77. The van der Waals surface area contributed by atoms with Gasteiger partial charge in [0.2, 0.25) is 5.91 Å². The molecule has 0 aliphatic heterocycles. The van der Waals surface area contributed by atoms with E-state index in [0.29, 0.717) is 18.8 Å². The van der Waals surface area contributed by atoms with Crippen LogP contribution in [0.5, 0.6) is 0 Å². The summed E-state index contributed by atoms with van der Waals surface area (Å²) in [5.74, 6) is 0.413. The molecular formula is C14H25N3O. The Morgan fingerprint density at radius 3 is 2.44 bits per heavy atom. The lowest BCUT2D eigenvalue weighted by atomic mass is 9.63. The third-order valence-corrected chi connectivity index (χ3v) is 3.85. The van der Waals surface area contributed by atoms with E-state index >= 15 is 0 Å². The van der Waals surface area contributed by atoms with Gasteiger partial charge in [0, 0.05) is 12.6 Å². The number of nitrogens with one attached hydrogen (secondary N) is 1. The summed E-state index contributed by atoms with van der Waals surface area (Å²) < 4.78 is 0. The van der Waals surface area contributed by atoms with Crippen LogP contribution < -0.4 is 5.32 Å². The van der Waals surface area contributed by atoms with E-state index in [4.69, 9.17) is 0 Å². The van der Waals surface area contributed by atoms with Crippen LogP contribution in [0.4, 0.5) is 0 Å². The van der Waals surface area contributed by atoms with Gasteiger partial charge in [-0.05, 0) is 38.8 Å². The fourth-order valence-corrected chi connectivity index (χ4v) is 2.73. The second kappa shape index (κ2) is 6.19. The van der Waals surface area contributed by atoms with Crippen molar-refractivity contribution < 1.29 is 4.79 Å². The molecule has 0 spiro atoms. The molecule has 102 valence electrons. The normalized spacial score (nSPS) is 28.3. The van der Waals surface area contributed by atoms with Gasteiger partial charge in [0.05, 0.1) is 6.07 Å². The van der Waals surface area contributed by atoms with E-state index in [2.05, 4.69) is 37.1 Å². The Morgan fingerprint density at radius 2 is 2.06 bits per heavy atom. The Kier molecular flexibility index (Phi) is 5.15. The van der Waals surface area contributed by atoms with Gasteiger partial charge >= 0.3 is 0 Å². The lowest BCUT2D eigenvalue weighted by molar-refractivity contribution is -0.134. The van der Waals surface area contributed by atoms with Crippen molar-refractivity contribution >= 4 is 5.91 Å². The number of rotatable bonds is 6. The van der Waals surface area contributed by atoms with Crippen LogP contribution in [0.1, 0.15) is 40.5 Å². The second-order valence-electron chi connectivity index (χ2n) is 5.57. The lowest BCUT2D eigenvalue weighted by Gasteiger charge is -2.40. The Bertz CT molecular complexity index is 324. The Labute approximate surface area is 110 Å².